The van der Waals surface area contributed by atoms with E-state index in [4.69, 9.17) is 9.47 Å². The highest BCUT2D eigenvalue weighted by Gasteiger charge is 2.34. The largest absolute Gasteiger partial charge is 0.453 e. The Morgan fingerprint density at radius 3 is 2.44 bits per heavy atom. The number of ether oxygens (including phenoxy) is 2. The number of benzene rings is 3. The fourth-order valence-corrected chi connectivity index (χ4v) is 6.37. The van der Waals surface area contributed by atoms with Gasteiger partial charge in [0.15, 0.2) is 11.6 Å². The first-order chi connectivity index (χ1) is 21.9. The van der Waals surface area contributed by atoms with Crippen LogP contribution in [0.3, 0.4) is 0 Å². The average molecular weight is 628 g/mol. The van der Waals surface area contributed by atoms with Crippen LogP contribution in [0.5, 0.6) is 11.5 Å². The number of fused-ring (bicyclic) bond motifs is 1. The van der Waals surface area contributed by atoms with Crippen molar-refractivity contribution >= 4 is 39.2 Å². The second kappa shape index (κ2) is 13.5. The molecule has 1 saturated heterocycles. The number of aryl methyl sites for hydroxylation is 1. The van der Waals surface area contributed by atoms with Gasteiger partial charge in [-0.1, -0.05) is 30.3 Å². The van der Waals surface area contributed by atoms with Gasteiger partial charge in [0.1, 0.15) is 11.6 Å². The van der Waals surface area contributed by atoms with Crippen molar-refractivity contribution in [1.82, 2.24) is 9.88 Å². The summed E-state index contributed by atoms with van der Waals surface area (Å²) < 4.78 is 40.4. The van der Waals surface area contributed by atoms with Crippen LogP contribution in [0.4, 0.5) is 19.3 Å². The van der Waals surface area contributed by atoms with Gasteiger partial charge in [-0.15, -0.1) is 11.3 Å². The topological polar surface area (TPSA) is 72.0 Å². The van der Waals surface area contributed by atoms with Gasteiger partial charge in [0.25, 0.3) is 0 Å². The number of nitrogens with zero attached hydrogens (tertiary/aromatic N) is 3. The van der Waals surface area contributed by atoms with Crippen LogP contribution in [0.2, 0.25) is 0 Å². The molecule has 0 unspecified atom stereocenters. The van der Waals surface area contributed by atoms with Crippen LogP contribution < -0.4 is 9.64 Å². The number of methoxy groups -OCH3 is 1. The quantitative estimate of drug-likeness (QED) is 0.139. The highest BCUT2D eigenvalue weighted by molar-refractivity contribution is 7.22. The normalized spacial score (nSPS) is 13.2. The van der Waals surface area contributed by atoms with Crippen molar-refractivity contribution in [3.05, 3.63) is 108 Å². The molecule has 2 aromatic heterocycles. The molecule has 1 fully saturated rings. The van der Waals surface area contributed by atoms with Crippen molar-refractivity contribution in [2.45, 2.75) is 25.7 Å². The summed E-state index contributed by atoms with van der Waals surface area (Å²) >= 11 is 1.53. The maximum atomic E-state index is 15.2. The third kappa shape index (κ3) is 6.87. The van der Waals surface area contributed by atoms with Gasteiger partial charge in [-0.25, -0.2) is 13.6 Å². The molecule has 1 aliphatic rings. The van der Waals surface area contributed by atoms with Crippen molar-refractivity contribution in [3.8, 4) is 21.9 Å². The number of carbonyl (C=O) groups is 2. The van der Waals surface area contributed by atoms with E-state index < -0.39 is 23.6 Å². The highest BCUT2D eigenvalue weighted by atomic mass is 32.1. The summed E-state index contributed by atoms with van der Waals surface area (Å²) in [5.41, 5.74) is 4.02. The first kappa shape index (κ1) is 30.4. The van der Waals surface area contributed by atoms with Crippen molar-refractivity contribution < 1.29 is 27.8 Å². The van der Waals surface area contributed by atoms with Gasteiger partial charge in [0.05, 0.1) is 16.6 Å². The van der Waals surface area contributed by atoms with Crippen LogP contribution in [0.15, 0.2) is 85.1 Å². The van der Waals surface area contributed by atoms with Gasteiger partial charge in [-0.3, -0.25) is 19.6 Å². The van der Waals surface area contributed by atoms with E-state index in [2.05, 4.69) is 29.2 Å². The number of rotatable bonds is 11. The first-order valence-corrected chi connectivity index (χ1v) is 15.5. The highest BCUT2D eigenvalue weighted by Crippen LogP contribution is 2.39. The van der Waals surface area contributed by atoms with E-state index in [1.54, 1.807) is 25.4 Å². The number of thiophene rings is 1. The average Bonchev–Trinajstić information content (AvgIpc) is 3.66. The molecule has 230 valence electrons. The van der Waals surface area contributed by atoms with E-state index in [-0.39, 0.29) is 18.7 Å². The van der Waals surface area contributed by atoms with Crippen LogP contribution in [0.25, 0.3) is 20.7 Å². The zero-order valence-electron chi connectivity index (χ0n) is 24.7. The molecule has 0 bridgehead atoms. The lowest BCUT2D eigenvalue weighted by molar-refractivity contribution is -0.126. The number of hydrogen-bond donors (Lipinski definition) is 0. The predicted molar refractivity (Wildman–Crippen MR) is 171 cm³/mol. The van der Waals surface area contributed by atoms with Gasteiger partial charge < -0.3 is 9.47 Å². The Bertz CT molecular complexity index is 1830. The molecule has 5 aromatic rings. The van der Waals surface area contributed by atoms with Gasteiger partial charge in [-0.05, 0) is 78.4 Å². The summed E-state index contributed by atoms with van der Waals surface area (Å²) in [7, 11) is 1.72. The van der Waals surface area contributed by atoms with E-state index >= 15 is 4.39 Å². The second-order valence-corrected chi connectivity index (χ2v) is 11.8. The summed E-state index contributed by atoms with van der Waals surface area (Å²) in [6.07, 6.45) is 4.58. The molecule has 0 spiro atoms. The number of halogens is 2. The number of urea groups is 1. The fourth-order valence-electron chi connectivity index (χ4n) is 5.30. The van der Waals surface area contributed by atoms with Gasteiger partial charge >= 0.3 is 6.03 Å². The van der Waals surface area contributed by atoms with E-state index in [0.717, 1.165) is 51.4 Å². The minimum atomic E-state index is -0.621. The number of aromatic nitrogens is 1. The minimum absolute atomic E-state index is 0.0196. The Kier molecular flexibility index (Phi) is 9.13. The Labute approximate surface area is 263 Å². The van der Waals surface area contributed by atoms with Crippen molar-refractivity contribution in [2.75, 3.05) is 31.7 Å². The smallest absolute Gasteiger partial charge is 0.331 e. The lowest BCUT2D eigenvalue weighted by Gasteiger charge is -2.17. The number of amides is 3. The van der Waals surface area contributed by atoms with Crippen molar-refractivity contribution in [1.29, 1.82) is 0 Å². The molecule has 10 heteroatoms. The summed E-state index contributed by atoms with van der Waals surface area (Å²) in [4.78, 5) is 33.9. The summed E-state index contributed by atoms with van der Waals surface area (Å²) in [5, 5.41) is 0. The number of unbranched alkanes of at least 4 members (excludes halogenated alkanes) is 1. The monoisotopic (exact) mass is 627 g/mol. The van der Waals surface area contributed by atoms with Gasteiger partial charge in [0, 0.05) is 49.6 Å². The second-order valence-electron chi connectivity index (χ2n) is 10.8. The SMILES string of the molecule is COCCCCc1ccc(-c2cc3nccc(Oc4ccc(CC(=O)N5CCN(c6ccc(F)cc6)C5=O)cc4F)c3s2)cc1. The van der Waals surface area contributed by atoms with E-state index in [9.17, 15) is 14.0 Å². The fraction of sp³-hybridized carbons (Fsp3) is 0.229. The Balaban J connectivity index is 1.11. The molecule has 0 saturated carbocycles. The molecule has 3 aromatic carbocycles. The first-order valence-electron chi connectivity index (χ1n) is 14.7. The Morgan fingerprint density at radius 1 is 0.911 bits per heavy atom. The molecule has 0 atom stereocenters. The molecule has 3 amide bonds. The van der Waals surface area contributed by atoms with Crippen LogP contribution in [0.1, 0.15) is 24.0 Å². The standard InChI is InChI=1S/C35H31F2N3O4S/c1-43-19-3-2-4-23-5-8-25(9-6-23)32-22-29-34(45-32)31(15-16-38-29)44-30-14-7-24(20-28(30)37)21-33(41)40-18-17-39(35(40)42)27-12-10-26(36)11-13-27/h5-16,20,22H,2-4,17-19,21H2,1H3. The number of hydrogen-bond acceptors (Lipinski definition) is 6. The van der Waals surface area contributed by atoms with E-state index in [1.165, 1.54) is 58.2 Å². The zero-order chi connectivity index (χ0) is 31.3. The summed E-state index contributed by atoms with van der Waals surface area (Å²) in [5.74, 6) is -0.974. The lowest BCUT2D eigenvalue weighted by Crippen LogP contribution is -2.37. The minimum Gasteiger partial charge on any atom is -0.453 e. The van der Waals surface area contributed by atoms with Crippen LogP contribution in [-0.2, 0) is 22.4 Å². The molecule has 45 heavy (non-hydrogen) atoms. The maximum Gasteiger partial charge on any atom is 0.331 e. The van der Waals surface area contributed by atoms with Gasteiger partial charge in [0.2, 0.25) is 5.91 Å². The Morgan fingerprint density at radius 2 is 1.69 bits per heavy atom. The molecule has 0 aliphatic carbocycles. The number of imide groups is 1. The molecular weight excluding hydrogens is 596 g/mol. The van der Waals surface area contributed by atoms with E-state index in [0.29, 0.717) is 23.5 Å². The lowest BCUT2D eigenvalue weighted by atomic mass is 10.1. The molecule has 0 N–H and O–H groups in total. The van der Waals surface area contributed by atoms with Crippen molar-refractivity contribution in [2.24, 2.45) is 0 Å². The van der Waals surface area contributed by atoms with Crippen molar-refractivity contribution in [3.63, 3.8) is 0 Å². The molecule has 7 nitrogen and oxygen atoms in total. The van der Waals surface area contributed by atoms with Crippen LogP contribution in [-0.4, -0.2) is 48.6 Å². The van der Waals surface area contributed by atoms with Crippen LogP contribution in [0, 0.1) is 11.6 Å². The predicted octanol–water partition coefficient (Wildman–Crippen LogP) is 8.01. The summed E-state index contributed by atoms with van der Waals surface area (Å²) in [6, 6.07) is 21.6. The third-order valence-electron chi connectivity index (χ3n) is 7.70. The Hall–Kier alpha value is -4.67. The number of pyridine rings is 1. The molecule has 6 rings (SSSR count). The molecule has 3 heterocycles. The summed E-state index contributed by atoms with van der Waals surface area (Å²) in [6.45, 7) is 1.26. The third-order valence-corrected chi connectivity index (χ3v) is 8.89. The number of carbonyl (C=O) groups excluding carboxylic acids is 2. The molecular formula is C35H31F2N3O4S. The zero-order valence-corrected chi connectivity index (χ0v) is 25.5. The maximum absolute atomic E-state index is 15.2. The van der Waals surface area contributed by atoms with Crippen LogP contribution >= 0.6 is 11.3 Å². The molecule has 0 radical (unpaired) electrons. The van der Waals surface area contributed by atoms with E-state index in [1.807, 2.05) is 6.07 Å². The molecule has 1 aliphatic heterocycles. The number of anilines is 1. The van der Waals surface area contributed by atoms with Gasteiger partial charge in [-0.2, -0.15) is 0 Å².